The Bertz CT molecular complexity index is 349. The molecule has 0 rings (SSSR count). The zero-order valence-corrected chi connectivity index (χ0v) is 19.9. The summed E-state index contributed by atoms with van der Waals surface area (Å²) in [6.45, 7) is 8.45. The van der Waals surface area contributed by atoms with Crippen LogP contribution in [0.15, 0.2) is 0 Å². The maximum absolute atomic E-state index is 14.9. The van der Waals surface area contributed by atoms with Gasteiger partial charge < -0.3 is 0 Å². The first-order chi connectivity index (χ1) is 11.7. The van der Waals surface area contributed by atoms with Gasteiger partial charge in [0.25, 0.3) is 0 Å². The Morgan fingerprint density at radius 2 is 0.920 bits per heavy atom. The summed E-state index contributed by atoms with van der Waals surface area (Å²) >= 11 is 0. The number of hydrogen-bond acceptors (Lipinski definition) is 3. The van der Waals surface area contributed by atoms with Gasteiger partial charge in [-0.25, -0.2) is 12.5 Å². The minimum atomic E-state index is -4.52. The fourth-order valence-corrected chi connectivity index (χ4v) is 11.6. The molecular weight excluding hydrogens is 378 g/mol. The molecule has 0 fully saturated rings. The molecule has 25 heavy (non-hydrogen) atoms. The first-order valence-corrected chi connectivity index (χ1v) is 15.9. The quantitative estimate of drug-likeness (QED) is 0.237. The second kappa shape index (κ2) is 13.0. The van der Waals surface area contributed by atoms with E-state index in [-0.39, 0.29) is 0 Å². The average Bonchev–Trinajstić information content (AvgIpc) is 2.54. The van der Waals surface area contributed by atoms with Crippen molar-refractivity contribution in [2.24, 2.45) is 0 Å². The molecule has 7 heteroatoms. The lowest BCUT2D eigenvalue weighted by atomic mass is 10.4. The highest BCUT2D eigenvalue weighted by atomic mass is 32.3. The van der Waals surface area contributed by atoms with Crippen molar-refractivity contribution >= 4 is 28.5 Å². The van der Waals surface area contributed by atoms with Crippen LogP contribution in [0.5, 0.6) is 0 Å². The van der Waals surface area contributed by atoms with Crippen LogP contribution in [0.1, 0.15) is 79.1 Å². The Morgan fingerprint density at radius 3 is 1.12 bits per heavy atom. The van der Waals surface area contributed by atoms with Crippen LogP contribution in [0.2, 0.25) is 0 Å². The molecule has 0 saturated carbocycles. The lowest BCUT2D eigenvalue weighted by Gasteiger charge is -2.40. The van der Waals surface area contributed by atoms with Gasteiger partial charge in [0, 0.05) is 0 Å². The van der Waals surface area contributed by atoms with Crippen LogP contribution < -0.4 is 0 Å². The molecule has 0 aromatic rings. The summed E-state index contributed by atoms with van der Waals surface area (Å²) in [6.07, 6.45) is 12.0. The molecule has 0 aliphatic carbocycles. The van der Waals surface area contributed by atoms with Crippen molar-refractivity contribution in [3.8, 4) is 0 Å². The highest BCUT2D eigenvalue weighted by Gasteiger charge is 2.38. The van der Waals surface area contributed by atoms with E-state index in [1.807, 2.05) is 12.5 Å². The topological polar surface area (TPSA) is 35.5 Å². The van der Waals surface area contributed by atoms with Gasteiger partial charge in [-0.05, 0) is 61.2 Å². The molecule has 3 nitrogen and oxygen atoms in total. The Balaban J connectivity index is 5.08. The summed E-state index contributed by atoms with van der Waals surface area (Å²) in [5, 5.41) is 0. The van der Waals surface area contributed by atoms with Crippen molar-refractivity contribution in [1.82, 2.24) is 0 Å². The maximum Gasteiger partial charge on any atom is 0.532 e. The van der Waals surface area contributed by atoms with Crippen LogP contribution in [0.25, 0.3) is 0 Å². The second-order valence-corrected chi connectivity index (χ2v) is 15.6. The van der Waals surface area contributed by atoms with Crippen molar-refractivity contribution in [2.75, 3.05) is 35.5 Å². The first-order valence-electron chi connectivity index (χ1n) is 9.85. The summed E-state index contributed by atoms with van der Waals surface area (Å²) < 4.78 is 38.9. The third-order valence-electron chi connectivity index (χ3n) is 4.26. The average molecular weight is 421 g/mol. The van der Waals surface area contributed by atoms with Crippen molar-refractivity contribution in [3.05, 3.63) is 0 Å². The summed E-state index contributed by atoms with van der Waals surface area (Å²) in [6, 6.07) is 0. The predicted octanol–water partition coefficient (Wildman–Crippen LogP) is 8.00. The number of halogens is 1. The molecule has 0 N–H and O–H groups in total. The molecule has 0 unspecified atom stereocenters. The van der Waals surface area contributed by atoms with Crippen LogP contribution in [0, 0.1) is 0 Å². The highest BCUT2D eigenvalue weighted by Crippen LogP contribution is 2.71. The van der Waals surface area contributed by atoms with Crippen LogP contribution in [-0.2, 0) is 12.5 Å². The van der Waals surface area contributed by atoms with Gasteiger partial charge in [0.05, 0.1) is 0 Å². The SMILES string of the molecule is CCCCS(C)(CCCC)OP(=O)(F)OS(C)(CCCC)CCCC. The summed E-state index contributed by atoms with van der Waals surface area (Å²) in [4.78, 5) is 0. The van der Waals surface area contributed by atoms with E-state index < -0.39 is 28.5 Å². The Hall–Kier alpha value is 0.780. The first kappa shape index (κ1) is 25.8. The summed E-state index contributed by atoms with van der Waals surface area (Å²) in [7, 11) is -7.89. The lowest BCUT2D eigenvalue weighted by molar-refractivity contribution is 0.366. The normalized spacial score (nSPS) is 14.7. The highest BCUT2D eigenvalue weighted by molar-refractivity contribution is 8.33. The third kappa shape index (κ3) is 12.0. The van der Waals surface area contributed by atoms with Crippen molar-refractivity contribution in [2.45, 2.75) is 79.1 Å². The second-order valence-electron chi connectivity index (χ2n) is 7.18. The molecule has 0 aliphatic rings. The van der Waals surface area contributed by atoms with Gasteiger partial charge in [-0.1, -0.05) is 53.4 Å². The van der Waals surface area contributed by atoms with E-state index in [0.29, 0.717) is 0 Å². The van der Waals surface area contributed by atoms with Crippen molar-refractivity contribution < 1.29 is 16.7 Å². The van der Waals surface area contributed by atoms with E-state index in [9.17, 15) is 8.76 Å². The standard InChI is InChI=1S/C18H42FO3PS2/c1-7-11-15-24(5,16-12-8-2)21-23(19,20)22-25(6,17-13-9-3)18-14-10-4/h7-18H2,1-6H3. The van der Waals surface area contributed by atoms with E-state index in [2.05, 4.69) is 27.7 Å². The monoisotopic (exact) mass is 420 g/mol. The molecule has 0 saturated heterocycles. The van der Waals surface area contributed by atoms with Crippen LogP contribution in [0.4, 0.5) is 4.20 Å². The summed E-state index contributed by atoms with van der Waals surface area (Å²) in [5.74, 6) is 3.21. The molecule has 0 aromatic carbocycles. The number of hydrogen-bond donors (Lipinski definition) is 0. The fourth-order valence-electron chi connectivity index (χ4n) is 2.59. The minimum Gasteiger partial charge on any atom is -0.234 e. The van der Waals surface area contributed by atoms with E-state index >= 15 is 0 Å². The van der Waals surface area contributed by atoms with Crippen LogP contribution >= 0.6 is 28.5 Å². The zero-order valence-electron chi connectivity index (χ0n) is 17.4. The van der Waals surface area contributed by atoms with Gasteiger partial charge >= 0.3 is 7.91 Å². The Labute approximate surface area is 159 Å². The van der Waals surface area contributed by atoms with E-state index in [1.165, 1.54) is 0 Å². The molecule has 0 heterocycles. The number of unbranched alkanes of at least 4 members (excludes halogenated alkanes) is 4. The molecule has 0 amide bonds. The summed E-state index contributed by atoms with van der Waals surface area (Å²) in [5.41, 5.74) is 0. The predicted molar refractivity (Wildman–Crippen MR) is 117 cm³/mol. The van der Waals surface area contributed by atoms with Crippen molar-refractivity contribution in [3.63, 3.8) is 0 Å². The molecular formula is C18H42FO3PS2. The molecule has 0 atom stereocenters. The molecule has 0 radical (unpaired) electrons. The minimum absolute atomic E-state index is 0.802. The fraction of sp³-hybridized carbons (Fsp3) is 1.00. The zero-order chi connectivity index (χ0) is 19.4. The van der Waals surface area contributed by atoms with E-state index in [4.69, 9.17) is 7.94 Å². The molecule has 156 valence electrons. The van der Waals surface area contributed by atoms with Gasteiger partial charge in [-0.15, -0.1) is 24.8 Å². The van der Waals surface area contributed by atoms with E-state index in [0.717, 1.165) is 74.4 Å². The lowest BCUT2D eigenvalue weighted by Crippen LogP contribution is -2.14. The molecule has 0 bridgehead atoms. The van der Waals surface area contributed by atoms with Gasteiger partial charge in [0.15, 0.2) is 0 Å². The maximum atomic E-state index is 14.9. The Morgan fingerprint density at radius 1 is 0.680 bits per heavy atom. The third-order valence-corrected chi connectivity index (χ3v) is 13.2. The molecule has 0 spiro atoms. The van der Waals surface area contributed by atoms with Gasteiger partial charge in [-0.3, -0.25) is 0 Å². The van der Waals surface area contributed by atoms with Gasteiger partial charge in [0.2, 0.25) is 0 Å². The number of rotatable bonds is 16. The van der Waals surface area contributed by atoms with E-state index in [1.54, 1.807) is 0 Å². The molecule has 0 aromatic heterocycles. The Kier molecular flexibility index (Phi) is 13.4. The smallest absolute Gasteiger partial charge is 0.234 e. The van der Waals surface area contributed by atoms with Crippen LogP contribution in [0.3, 0.4) is 0 Å². The van der Waals surface area contributed by atoms with Crippen molar-refractivity contribution in [1.29, 1.82) is 0 Å². The largest absolute Gasteiger partial charge is 0.532 e. The molecule has 0 aliphatic heterocycles. The van der Waals surface area contributed by atoms with Gasteiger partial charge in [-0.2, -0.15) is 0 Å². The van der Waals surface area contributed by atoms with Crippen LogP contribution in [-0.4, -0.2) is 35.5 Å². The van der Waals surface area contributed by atoms with Gasteiger partial charge in [0.1, 0.15) is 0 Å².